The van der Waals surface area contributed by atoms with Gasteiger partial charge in [0, 0.05) is 20.7 Å². The van der Waals surface area contributed by atoms with Crippen LogP contribution < -0.4 is 0 Å². The predicted octanol–water partition coefficient (Wildman–Crippen LogP) is 6.01. The first kappa shape index (κ1) is 18.1. The quantitative estimate of drug-likeness (QED) is 0.197. The number of hydrogen-bond acceptors (Lipinski definition) is 5. The van der Waals surface area contributed by atoms with E-state index in [0.29, 0.717) is 22.6 Å². The maximum Gasteiger partial charge on any atom is 0.228 e. The molecule has 0 fully saturated rings. The molecule has 1 N–H and O–H groups in total. The molecule has 0 atom stereocenters. The highest BCUT2D eigenvalue weighted by atomic mass is 32.2. The number of fused-ring (bicyclic) bond motifs is 1. The molecule has 0 amide bonds. The highest BCUT2D eigenvalue weighted by molar-refractivity contribution is 7.99. The van der Waals surface area contributed by atoms with Gasteiger partial charge in [0.2, 0.25) is 5.78 Å². The zero-order valence-electron chi connectivity index (χ0n) is 15.1. The average Bonchev–Trinajstić information content (AvgIpc) is 3.18. The van der Waals surface area contributed by atoms with Crippen LogP contribution in [0, 0.1) is 0 Å². The minimum absolute atomic E-state index is 0.129. The zero-order valence-corrected chi connectivity index (χ0v) is 15.9. The molecule has 5 heteroatoms. The van der Waals surface area contributed by atoms with Gasteiger partial charge in [0.05, 0.1) is 5.71 Å². The van der Waals surface area contributed by atoms with Crippen molar-refractivity contribution in [3.8, 4) is 0 Å². The first-order chi connectivity index (χ1) is 13.6. The number of benzene rings is 3. The van der Waals surface area contributed by atoms with Crippen molar-refractivity contribution in [2.24, 2.45) is 5.16 Å². The van der Waals surface area contributed by atoms with Crippen molar-refractivity contribution < 1.29 is 14.4 Å². The third kappa shape index (κ3) is 3.70. The summed E-state index contributed by atoms with van der Waals surface area (Å²) in [4.78, 5) is 14.8. The molecule has 28 heavy (non-hydrogen) atoms. The molecular formula is C23H17NO3S. The number of ketones is 1. The minimum atomic E-state index is -0.129. The maximum absolute atomic E-state index is 12.7. The molecule has 0 bridgehead atoms. The third-order valence-electron chi connectivity index (χ3n) is 4.42. The Hall–Kier alpha value is -3.31. The van der Waals surface area contributed by atoms with Crippen molar-refractivity contribution in [2.45, 2.75) is 16.7 Å². The molecule has 1 heterocycles. The van der Waals surface area contributed by atoms with Crippen LogP contribution in [0.5, 0.6) is 0 Å². The van der Waals surface area contributed by atoms with Gasteiger partial charge in [-0.1, -0.05) is 47.2 Å². The predicted molar refractivity (Wildman–Crippen MR) is 111 cm³/mol. The number of hydrogen-bond donors (Lipinski definition) is 1. The molecule has 0 aliphatic rings. The van der Waals surface area contributed by atoms with Gasteiger partial charge in [-0.15, -0.1) is 0 Å². The Labute approximate surface area is 166 Å². The highest BCUT2D eigenvalue weighted by Crippen LogP contribution is 2.29. The van der Waals surface area contributed by atoms with Crippen molar-refractivity contribution in [2.75, 3.05) is 0 Å². The SMILES string of the molecule is C/C(=N\O)c1ccc(Sc2ccc(C(=O)c3cc4ccccc4o3)cc2)cc1. The lowest BCUT2D eigenvalue weighted by atomic mass is 10.1. The van der Waals surface area contributed by atoms with Crippen molar-refractivity contribution in [1.29, 1.82) is 0 Å². The van der Waals surface area contributed by atoms with E-state index in [1.54, 1.807) is 24.8 Å². The monoisotopic (exact) mass is 387 g/mol. The largest absolute Gasteiger partial charge is 0.453 e. The standard InChI is InChI=1S/C23H17NO3S/c1-15(24-26)16-6-10-19(11-7-16)28-20-12-8-17(9-13-20)23(25)22-14-18-4-2-3-5-21(18)27-22/h2-14,26H,1H3/b24-15+. The van der Waals surface area contributed by atoms with Crippen LogP contribution in [0.4, 0.5) is 0 Å². The Morgan fingerprint density at radius 2 is 1.50 bits per heavy atom. The molecule has 4 aromatic rings. The van der Waals surface area contributed by atoms with Crippen molar-refractivity contribution in [1.82, 2.24) is 0 Å². The second-order valence-electron chi connectivity index (χ2n) is 6.31. The van der Waals surface area contributed by atoms with Crippen LogP contribution in [-0.4, -0.2) is 16.7 Å². The molecule has 3 aromatic carbocycles. The fourth-order valence-corrected chi connectivity index (χ4v) is 3.68. The van der Waals surface area contributed by atoms with Gasteiger partial charge >= 0.3 is 0 Å². The molecular weight excluding hydrogens is 370 g/mol. The molecule has 0 aliphatic carbocycles. The van der Waals surface area contributed by atoms with E-state index in [9.17, 15) is 4.79 Å². The van der Waals surface area contributed by atoms with Crippen LogP contribution in [0.25, 0.3) is 11.0 Å². The fraction of sp³-hybridized carbons (Fsp3) is 0.0435. The van der Waals surface area contributed by atoms with Gasteiger partial charge < -0.3 is 9.62 Å². The van der Waals surface area contributed by atoms with Gasteiger partial charge in [0.25, 0.3) is 0 Å². The van der Waals surface area contributed by atoms with Crippen LogP contribution in [0.2, 0.25) is 0 Å². The zero-order chi connectivity index (χ0) is 19.5. The van der Waals surface area contributed by atoms with E-state index in [1.165, 1.54) is 0 Å². The fourth-order valence-electron chi connectivity index (χ4n) is 2.87. The van der Waals surface area contributed by atoms with Crippen LogP contribution >= 0.6 is 11.8 Å². The van der Waals surface area contributed by atoms with Gasteiger partial charge in [0.15, 0.2) is 5.76 Å². The molecule has 0 unspecified atom stereocenters. The lowest BCUT2D eigenvalue weighted by Gasteiger charge is -2.04. The number of carbonyl (C=O) groups is 1. The van der Waals surface area contributed by atoms with Gasteiger partial charge in [-0.05, 0) is 61.0 Å². The molecule has 0 aliphatic heterocycles. The van der Waals surface area contributed by atoms with E-state index < -0.39 is 0 Å². The second-order valence-corrected chi connectivity index (χ2v) is 7.46. The Bertz CT molecular complexity index is 1130. The summed E-state index contributed by atoms with van der Waals surface area (Å²) in [6.07, 6.45) is 0. The van der Waals surface area contributed by atoms with Crippen LogP contribution in [-0.2, 0) is 0 Å². The first-order valence-electron chi connectivity index (χ1n) is 8.74. The maximum atomic E-state index is 12.7. The minimum Gasteiger partial charge on any atom is -0.453 e. The Morgan fingerprint density at radius 3 is 2.11 bits per heavy atom. The molecule has 4 nitrogen and oxygen atoms in total. The molecule has 0 saturated heterocycles. The topological polar surface area (TPSA) is 62.8 Å². The number of carbonyl (C=O) groups excluding carboxylic acids is 1. The Morgan fingerprint density at radius 1 is 0.893 bits per heavy atom. The van der Waals surface area contributed by atoms with Crippen LogP contribution in [0.1, 0.15) is 28.6 Å². The van der Waals surface area contributed by atoms with Crippen molar-refractivity contribution >= 4 is 34.2 Å². The lowest BCUT2D eigenvalue weighted by molar-refractivity contribution is 0.101. The van der Waals surface area contributed by atoms with Crippen LogP contribution in [0.15, 0.2) is 98.2 Å². The molecule has 0 saturated carbocycles. The summed E-state index contributed by atoms with van der Waals surface area (Å²) in [5.41, 5.74) is 2.75. The van der Waals surface area contributed by atoms with E-state index in [4.69, 9.17) is 9.62 Å². The Balaban J connectivity index is 1.49. The van der Waals surface area contributed by atoms with E-state index in [-0.39, 0.29) is 5.78 Å². The summed E-state index contributed by atoms with van der Waals surface area (Å²) in [5.74, 6) is 0.217. The summed E-state index contributed by atoms with van der Waals surface area (Å²) in [5, 5.41) is 13.0. The highest BCUT2D eigenvalue weighted by Gasteiger charge is 2.14. The van der Waals surface area contributed by atoms with Crippen LogP contribution in [0.3, 0.4) is 0 Å². The summed E-state index contributed by atoms with van der Waals surface area (Å²) in [6, 6.07) is 24.6. The summed E-state index contributed by atoms with van der Waals surface area (Å²) < 4.78 is 5.67. The normalized spacial score (nSPS) is 11.7. The molecule has 0 radical (unpaired) electrons. The summed E-state index contributed by atoms with van der Waals surface area (Å²) >= 11 is 1.60. The number of nitrogens with zero attached hydrogens (tertiary/aromatic N) is 1. The summed E-state index contributed by atoms with van der Waals surface area (Å²) in [7, 11) is 0. The first-order valence-corrected chi connectivity index (χ1v) is 9.56. The molecule has 0 spiro atoms. The number of oxime groups is 1. The van der Waals surface area contributed by atoms with Gasteiger partial charge in [0.1, 0.15) is 5.58 Å². The van der Waals surface area contributed by atoms with E-state index in [2.05, 4.69) is 5.16 Å². The summed E-state index contributed by atoms with van der Waals surface area (Å²) in [6.45, 7) is 1.75. The van der Waals surface area contributed by atoms with Gasteiger partial charge in [-0.2, -0.15) is 0 Å². The van der Waals surface area contributed by atoms with E-state index >= 15 is 0 Å². The lowest BCUT2D eigenvalue weighted by Crippen LogP contribution is -1.98. The third-order valence-corrected chi connectivity index (χ3v) is 5.44. The molecule has 138 valence electrons. The van der Waals surface area contributed by atoms with Gasteiger partial charge in [-0.3, -0.25) is 4.79 Å². The second kappa shape index (κ2) is 7.74. The number of rotatable bonds is 5. The average molecular weight is 387 g/mol. The Kier molecular flexibility index (Phi) is 5.00. The van der Waals surface area contributed by atoms with E-state index in [0.717, 1.165) is 20.7 Å². The molecule has 1 aromatic heterocycles. The van der Waals surface area contributed by atoms with Crippen molar-refractivity contribution in [3.05, 3.63) is 95.7 Å². The van der Waals surface area contributed by atoms with Crippen molar-refractivity contribution in [3.63, 3.8) is 0 Å². The van der Waals surface area contributed by atoms with E-state index in [1.807, 2.05) is 72.8 Å². The van der Waals surface area contributed by atoms with Gasteiger partial charge in [-0.25, -0.2) is 0 Å². The smallest absolute Gasteiger partial charge is 0.228 e. The number of furan rings is 1. The molecule has 4 rings (SSSR count). The number of para-hydroxylation sites is 1.